The molecule has 2 rings (SSSR count). The molecule has 0 bridgehead atoms. The number of hydrogen-bond acceptors (Lipinski definition) is 3. The predicted octanol–water partition coefficient (Wildman–Crippen LogP) is 1.42. The van der Waals surface area contributed by atoms with Crippen LogP contribution in [0.3, 0.4) is 0 Å². The molecule has 0 saturated heterocycles. The van der Waals surface area contributed by atoms with Crippen LogP contribution in [0.4, 0.5) is 0 Å². The summed E-state index contributed by atoms with van der Waals surface area (Å²) in [5.74, 6) is -0.481. The van der Waals surface area contributed by atoms with E-state index in [-0.39, 0.29) is 10.5 Å². The van der Waals surface area contributed by atoms with Gasteiger partial charge in [0.25, 0.3) is 5.91 Å². The van der Waals surface area contributed by atoms with Crippen LogP contribution >= 0.6 is 23.2 Å². The lowest BCUT2D eigenvalue weighted by Crippen LogP contribution is -2.27. The highest BCUT2D eigenvalue weighted by Gasteiger charge is 2.40. The molecule has 0 radical (unpaired) electrons. The Labute approximate surface area is 102 Å². The van der Waals surface area contributed by atoms with Crippen molar-refractivity contribution in [2.24, 2.45) is 0 Å². The van der Waals surface area contributed by atoms with Crippen LogP contribution in [0, 0.1) is 0 Å². The number of nitrogens with one attached hydrogen (secondary N) is 1. The Morgan fingerprint density at radius 3 is 2.50 bits per heavy atom. The molecule has 0 aliphatic carbocycles. The number of carbonyl (C=O) groups excluding carboxylic acids is 1. The minimum atomic E-state index is -3.35. The number of rotatable bonds is 1. The number of benzene rings is 1. The van der Waals surface area contributed by atoms with Crippen molar-refractivity contribution in [2.75, 3.05) is 6.26 Å². The summed E-state index contributed by atoms with van der Waals surface area (Å²) in [7, 11) is -3.35. The molecule has 1 aliphatic heterocycles. The zero-order valence-corrected chi connectivity index (χ0v) is 10.4. The van der Waals surface area contributed by atoms with E-state index in [1.807, 2.05) is 0 Å². The highest BCUT2D eigenvalue weighted by molar-refractivity contribution is 7.90. The molecule has 1 aliphatic rings. The Morgan fingerprint density at radius 1 is 1.31 bits per heavy atom. The Bertz CT molecular complexity index is 580. The first-order valence-corrected chi connectivity index (χ1v) is 6.91. The largest absolute Gasteiger partial charge is 0.317 e. The average Bonchev–Trinajstić information content (AvgIpc) is 2.36. The summed E-state index contributed by atoms with van der Waals surface area (Å²) in [4.78, 5) is 11.5. The Balaban J connectivity index is 2.66. The summed E-state index contributed by atoms with van der Waals surface area (Å²) in [5, 5.41) is 2.33. The van der Waals surface area contributed by atoms with E-state index >= 15 is 0 Å². The van der Waals surface area contributed by atoms with Crippen LogP contribution in [-0.2, 0) is 14.3 Å². The van der Waals surface area contributed by atoms with Crippen molar-refractivity contribution in [3.8, 4) is 0 Å². The molecular weight excluding hydrogens is 273 g/mol. The van der Waals surface area contributed by atoms with E-state index in [9.17, 15) is 13.2 Å². The van der Waals surface area contributed by atoms with Gasteiger partial charge in [-0.05, 0) is 12.1 Å². The number of hydrogen-bond donors (Lipinski definition) is 1. The van der Waals surface area contributed by atoms with E-state index in [0.29, 0.717) is 5.56 Å². The summed E-state index contributed by atoms with van der Waals surface area (Å²) in [6, 6.07) is 4.07. The van der Waals surface area contributed by atoms with Crippen molar-refractivity contribution in [1.82, 2.24) is 5.32 Å². The minimum absolute atomic E-state index is 0.0624. The molecule has 0 fully saturated rings. The van der Waals surface area contributed by atoms with Gasteiger partial charge in [0.1, 0.15) is 0 Å². The minimum Gasteiger partial charge on any atom is -0.317 e. The molecule has 4 nitrogen and oxygen atoms in total. The van der Waals surface area contributed by atoms with Gasteiger partial charge in [0.15, 0.2) is 9.84 Å². The lowest BCUT2D eigenvalue weighted by molar-refractivity contribution is 0.0960. The van der Waals surface area contributed by atoms with Crippen LogP contribution in [0.25, 0.3) is 0 Å². The van der Waals surface area contributed by atoms with E-state index < -0.39 is 20.2 Å². The second kappa shape index (κ2) is 3.35. The van der Waals surface area contributed by atoms with E-state index in [2.05, 4.69) is 5.32 Å². The summed E-state index contributed by atoms with van der Waals surface area (Å²) in [6.07, 6.45) is 1.07. The van der Waals surface area contributed by atoms with E-state index in [1.165, 1.54) is 18.2 Å². The number of fused-ring (bicyclic) bond motifs is 1. The number of alkyl halides is 2. The van der Waals surface area contributed by atoms with Crippen molar-refractivity contribution >= 4 is 38.9 Å². The topological polar surface area (TPSA) is 63.2 Å². The summed E-state index contributed by atoms with van der Waals surface area (Å²) >= 11 is 11.7. The second-order valence-corrected chi connectivity index (χ2v) is 6.85. The molecule has 0 atom stereocenters. The molecule has 1 heterocycles. The van der Waals surface area contributed by atoms with Crippen LogP contribution in [0.5, 0.6) is 0 Å². The number of amides is 1. The summed E-state index contributed by atoms with van der Waals surface area (Å²) in [5.41, 5.74) is 0.557. The maximum absolute atomic E-state index is 11.5. The van der Waals surface area contributed by atoms with Crippen molar-refractivity contribution in [2.45, 2.75) is 9.35 Å². The molecule has 86 valence electrons. The number of sulfone groups is 1. The molecule has 0 unspecified atom stereocenters. The van der Waals surface area contributed by atoms with Gasteiger partial charge in [-0.25, -0.2) is 8.42 Å². The zero-order valence-electron chi connectivity index (χ0n) is 8.12. The van der Waals surface area contributed by atoms with Gasteiger partial charge in [-0.3, -0.25) is 4.79 Å². The van der Waals surface area contributed by atoms with Gasteiger partial charge in [0.05, 0.1) is 4.90 Å². The van der Waals surface area contributed by atoms with Gasteiger partial charge < -0.3 is 5.32 Å². The highest BCUT2D eigenvalue weighted by Crippen LogP contribution is 2.38. The SMILES string of the molecule is CS(=O)(=O)c1ccc2c(c1)C(=O)NC2(Cl)Cl. The predicted molar refractivity (Wildman–Crippen MR) is 60.4 cm³/mol. The molecule has 0 saturated carbocycles. The normalized spacial score (nSPS) is 18.1. The third-order valence-corrected chi connectivity index (χ3v) is 3.98. The quantitative estimate of drug-likeness (QED) is 0.625. The summed E-state index contributed by atoms with van der Waals surface area (Å²) < 4.78 is 21.1. The fourth-order valence-electron chi connectivity index (χ4n) is 1.49. The third-order valence-electron chi connectivity index (χ3n) is 2.27. The maximum Gasteiger partial charge on any atom is 0.254 e. The Hall–Kier alpha value is -0.780. The van der Waals surface area contributed by atoms with Crippen molar-refractivity contribution < 1.29 is 13.2 Å². The first-order chi connectivity index (χ1) is 7.22. The van der Waals surface area contributed by atoms with Crippen LogP contribution in [-0.4, -0.2) is 20.6 Å². The van der Waals surface area contributed by atoms with Gasteiger partial charge in [0, 0.05) is 17.4 Å². The van der Waals surface area contributed by atoms with E-state index in [0.717, 1.165) is 6.26 Å². The average molecular weight is 280 g/mol. The second-order valence-electron chi connectivity index (χ2n) is 3.51. The Morgan fingerprint density at radius 2 is 1.94 bits per heavy atom. The fourth-order valence-corrected chi connectivity index (χ4v) is 2.64. The first-order valence-electron chi connectivity index (χ1n) is 4.27. The van der Waals surface area contributed by atoms with Gasteiger partial charge in [-0.2, -0.15) is 0 Å². The third kappa shape index (κ3) is 1.79. The molecule has 1 N–H and O–H groups in total. The summed E-state index contributed by atoms with van der Waals surface area (Å²) in [6.45, 7) is 0. The first kappa shape index (κ1) is 11.7. The van der Waals surface area contributed by atoms with Crippen molar-refractivity contribution in [3.63, 3.8) is 0 Å². The molecule has 1 aromatic rings. The van der Waals surface area contributed by atoms with Crippen LogP contribution in [0.15, 0.2) is 23.1 Å². The fraction of sp³-hybridized carbons (Fsp3) is 0.222. The molecule has 0 spiro atoms. The van der Waals surface area contributed by atoms with Crippen LogP contribution < -0.4 is 5.32 Å². The molecule has 1 aromatic carbocycles. The zero-order chi connectivity index (χ0) is 12.1. The van der Waals surface area contributed by atoms with Gasteiger partial charge in [0.2, 0.25) is 4.46 Å². The van der Waals surface area contributed by atoms with E-state index in [1.54, 1.807) is 0 Å². The van der Waals surface area contributed by atoms with Crippen molar-refractivity contribution in [3.05, 3.63) is 29.3 Å². The lowest BCUT2D eigenvalue weighted by Gasteiger charge is -2.12. The monoisotopic (exact) mass is 279 g/mol. The lowest BCUT2D eigenvalue weighted by atomic mass is 10.1. The smallest absolute Gasteiger partial charge is 0.254 e. The molecule has 0 aromatic heterocycles. The number of halogens is 2. The van der Waals surface area contributed by atoms with Gasteiger partial charge >= 0.3 is 0 Å². The molecule has 1 amide bonds. The molecule has 16 heavy (non-hydrogen) atoms. The Kier molecular flexibility index (Phi) is 2.45. The van der Waals surface area contributed by atoms with Crippen LogP contribution in [0.1, 0.15) is 15.9 Å². The maximum atomic E-state index is 11.5. The highest BCUT2D eigenvalue weighted by atomic mass is 35.5. The van der Waals surface area contributed by atoms with Crippen LogP contribution in [0.2, 0.25) is 0 Å². The van der Waals surface area contributed by atoms with Gasteiger partial charge in [-0.1, -0.05) is 29.3 Å². The van der Waals surface area contributed by atoms with Crippen molar-refractivity contribution in [1.29, 1.82) is 0 Å². The number of carbonyl (C=O) groups is 1. The van der Waals surface area contributed by atoms with E-state index in [4.69, 9.17) is 23.2 Å². The molecular formula is C9H7Cl2NO3S. The van der Waals surface area contributed by atoms with Gasteiger partial charge in [-0.15, -0.1) is 0 Å². The standard InChI is InChI=1S/C9H7Cl2NO3S/c1-16(14,15)5-2-3-7-6(4-5)8(13)12-9(7,10)11/h2-4H,1H3,(H,12,13). The molecule has 7 heteroatoms.